The number of hydrogen-bond donors (Lipinski definition) is 1. The van der Waals surface area contributed by atoms with Gasteiger partial charge >= 0.3 is 0 Å². The minimum absolute atomic E-state index is 0.0794. The summed E-state index contributed by atoms with van der Waals surface area (Å²) in [5.74, 6) is 0.605. The van der Waals surface area contributed by atoms with Crippen molar-refractivity contribution in [2.75, 3.05) is 32.1 Å². The van der Waals surface area contributed by atoms with Crippen LogP contribution >= 0.6 is 11.8 Å². The van der Waals surface area contributed by atoms with E-state index >= 15 is 0 Å². The van der Waals surface area contributed by atoms with Gasteiger partial charge < -0.3 is 14.8 Å². The van der Waals surface area contributed by atoms with Crippen LogP contribution < -0.4 is 5.32 Å². The fourth-order valence-electron chi connectivity index (χ4n) is 1.95. The van der Waals surface area contributed by atoms with Gasteiger partial charge in [0.15, 0.2) is 0 Å². The van der Waals surface area contributed by atoms with E-state index in [1.165, 1.54) is 18.2 Å². The number of carbonyl (C=O) groups excluding carboxylic acids is 1. The lowest BCUT2D eigenvalue weighted by atomic mass is 10.1. The number of thioether (sulfide) groups is 1. The summed E-state index contributed by atoms with van der Waals surface area (Å²) in [6.45, 7) is 1.93. The summed E-state index contributed by atoms with van der Waals surface area (Å²) in [5.41, 5.74) is 0. The number of aryl methyl sites for hydroxylation is 1. The Morgan fingerprint density at radius 2 is 2.48 bits per heavy atom. The Hall–Kier alpha value is -1.19. The van der Waals surface area contributed by atoms with Gasteiger partial charge in [0.2, 0.25) is 11.1 Å². The van der Waals surface area contributed by atoms with Crippen molar-refractivity contribution in [3.63, 3.8) is 0 Å². The maximum atomic E-state index is 11.6. The lowest BCUT2D eigenvalue weighted by Crippen LogP contribution is -2.32. The Morgan fingerprint density at radius 1 is 1.57 bits per heavy atom. The highest BCUT2D eigenvalue weighted by Crippen LogP contribution is 2.12. The molecule has 2 heterocycles. The molecule has 1 saturated heterocycles. The number of nitrogens with zero attached hydrogens (tertiary/aromatic N) is 4. The minimum Gasteiger partial charge on any atom is -0.376 e. The Bertz CT molecular complexity index is 436. The van der Waals surface area contributed by atoms with Gasteiger partial charge in [-0.05, 0) is 29.7 Å². The number of nitrogens with one attached hydrogen (secondary N) is 1. The van der Waals surface area contributed by atoms with Crippen molar-refractivity contribution in [2.45, 2.75) is 30.5 Å². The lowest BCUT2D eigenvalue weighted by Gasteiger charge is -2.22. The molecule has 8 nitrogen and oxygen atoms in total. The maximum absolute atomic E-state index is 11.6. The van der Waals surface area contributed by atoms with Gasteiger partial charge in [-0.25, -0.2) is 4.68 Å². The molecule has 0 radical (unpaired) electrons. The van der Waals surface area contributed by atoms with Crippen LogP contribution in [0.25, 0.3) is 0 Å². The molecule has 0 unspecified atom stereocenters. The summed E-state index contributed by atoms with van der Waals surface area (Å²) >= 11 is 1.49. The number of tetrazole rings is 1. The van der Waals surface area contributed by atoms with Crippen molar-refractivity contribution >= 4 is 17.7 Å². The number of aromatic nitrogens is 4. The zero-order chi connectivity index (χ0) is 14.9. The van der Waals surface area contributed by atoms with Crippen molar-refractivity contribution in [3.05, 3.63) is 0 Å². The first-order valence-corrected chi connectivity index (χ1v) is 8.05. The van der Waals surface area contributed by atoms with Crippen LogP contribution in [-0.2, 0) is 21.3 Å². The molecule has 2 rings (SSSR count). The molecule has 118 valence electrons. The Balaban J connectivity index is 1.48. The summed E-state index contributed by atoms with van der Waals surface area (Å²) in [7, 11) is 1.78. The Kier molecular flexibility index (Phi) is 6.90. The molecular weight excluding hydrogens is 294 g/mol. The summed E-state index contributed by atoms with van der Waals surface area (Å²) < 4.78 is 12.5. The van der Waals surface area contributed by atoms with Crippen LogP contribution in [-0.4, -0.2) is 64.3 Å². The van der Waals surface area contributed by atoms with Crippen molar-refractivity contribution in [2.24, 2.45) is 7.05 Å². The third-order valence-electron chi connectivity index (χ3n) is 3.05. The molecule has 0 bridgehead atoms. The molecule has 1 N–H and O–H groups in total. The fourth-order valence-corrected chi connectivity index (χ4v) is 2.65. The normalized spacial score (nSPS) is 18.6. The zero-order valence-electron chi connectivity index (χ0n) is 12.2. The highest BCUT2D eigenvalue weighted by atomic mass is 32.2. The second-order valence-electron chi connectivity index (χ2n) is 4.79. The van der Waals surface area contributed by atoms with Crippen LogP contribution in [0, 0.1) is 0 Å². The van der Waals surface area contributed by atoms with Crippen molar-refractivity contribution < 1.29 is 14.3 Å². The molecule has 21 heavy (non-hydrogen) atoms. The van der Waals surface area contributed by atoms with E-state index in [4.69, 9.17) is 9.47 Å². The van der Waals surface area contributed by atoms with Crippen molar-refractivity contribution in [1.29, 1.82) is 0 Å². The van der Waals surface area contributed by atoms with E-state index in [0.29, 0.717) is 18.9 Å². The third-order valence-corrected chi connectivity index (χ3v) is 4.06. The van der Waals surface area contributed by atoms with Gasteiger partial charge in [-0.1, -0.05) is 11.8 Å². The summed E-state index contributed by atoms with van der Waals surface area (Å²) in [6.07, 6.45) is 3.46. The van der Waals surface area contributed by atoms with Gasteiger partial charge in [-0.15, -0.1) is 5.10 Å². The second kappa shape index (κ2) is 8.96. The molecular formula is C12H21N5O3S. The standard InChI is InChI=1S/C12H21N5O3S/c1-17-12(14-15-16-17)21-7-5-13-11(18)9-19-8-10-4-2-3-6-20-10/h10H,2-9H2,1H3,(H,13,18)/t10-/m0/s1. The molecule has 1 aromatic heterocycles. The maximum Gasteiger partial charge on any atom is 0.246 e. The van der Waals surface area contributed by atoms with Gasteiger partial charge in [-0.3, -0.25) is 4.79 Å². The van der Waals surface area contributed by atoms with Crippen LogP contribution in [0.1, 0.15) is 19.3 Å². The highest BCUT2D eigenvalue weighted by Gasteiger charge is 2.14. The van der Waals surface area contributed by atoms with E-state index in [0.717, 1.165) is 24.6 Å². The zero-order valence-corrected chi connectivity index (χ0v) is 13.0. The molecule has 0 aliphatic carbocycles. The molecule has 1 fully saturated rings. The molecule has 0 aromatic carbocycles. The monoisotopic (exact) mass is 315 g/mol. The minimum atomic E-state index is -0.109. The lowest BCUT2D eigenvalue weighted by molar-refractivity contribution is -0.127. The molecule has 9 heteroatoms. The molecule has 1 amide bonds. The van der Waals surface area contributed by atoms with E-state index in [1.807, 2.05) is 0 Å². The second-order valence-corrected chi connectivity index (χ2v) is 5.85. The first kappa shape index (κ1) is 16.2. The Labute approximate surface area is 127 Å². The van der Waals surface area contributed by atoms with Crippen LogP contribution in [0.5, 0.6) is 0 Å². The van der Waals surface area contributed by atoms with Gasteiger partial charge in [0, 0.05) is 26.0 Å². The van der Waals surface area contributed by atoms with Gasteiger partial charge in [-0.2, -0.15) is 0 Å². The van der Waals surface area contributed by atoms with Gasteiger partial charge in [0.05, 0.1) is 12.7 Å². The predicted molar refractivity (Wildman–Crippen MR) is 76.9 cm³/mol. The quantitative estimate of drug-likeness (QED) is 0.533. The van der Waals surface area contributed by atoms with E-state index in [1.54, 1.807) is 11.7 Å². The predicted octanol–water partition coefficient (Wildman–Crippen LogP) is 0.00410. The third kappa shape index (κ3) is 5.98. The first-order valence-electron chi connectivity index (χ1n) is 7.07. The van der Waals surface area contributed by atoms with E-state index in [-0.39, 0.29) is 18.6 Å². The smallest absolute Gasteiger partial charge is 0.246 e. The van der Waals surface area contributed by atoms with Crippen LogP contribution in [0.4, 0.5) is 0 Å². The largest absolute Gasteiger partial charge is 0.376 e. The molecule has 1 atom stereocenters. The molecule has 1 aromatic rings. The average Bonchev–Trinajstić information content (AvgIpc) is 2.90. The number of carbonyl (C=O) groups is 1. The molecule has 0 saturated carbocycles. The molecule has 1 aliphatic heterocycles. The van der Waals surface area contributed by atoms with Gasteiger partial charge in [0.25, 0.3) is 0 Å². The molecule has 1 aliphatic rings. The van der Waals surface area contributed by atoms with Crippen molar-refractivity contribution in [1.82, 2.24) is 25.5 Å². The van der Waals surface area contributed by atoms with Crippen molar-refractivity contribution in [3.8, 4) is 0 Å². The Morgan fingerprint density at radius 3 is 3.19 bits per heavy atom. The summed E-state index contributed by atoms with van der Waals surface area (Å²) in [4.78, 5) is 11.6. The van der Waals surface area contributed by atoms with E-state index in [9.17, 15) is 4.79 Å². The van der Waals surface area contributed by atoms with E-state index < -0.39 is 0 Å². The SMILES string of the molecule is Cn1nnnc1SCCNC(=O)COC[C@@H]1CCCCO1. The summed E-state index contributed by atoms with van der Waals surface area (Å²) in [5, 5.41) is 14.7. The number of ether oxygens (including phenoxy) is 2. The van der Waals surface area contributed by atoms with Gasteiger partial charge in [0.1, 0.15) is 6.61 Å². The highest BCUT2D eigenvalue weighted by molar-refractivity contribution is 7.99. The van der Waals surface area contributed by atoms with Crippen LogP contribution in [0.3, 0.4) is 0 Å². The molecule has 0 spiro atoms. The topological polar surface area (TPSA) is 91.2 Å². The average molecular weight is 315 g/mol. The number of rotatable bonds is 8. The number of hydrogen-bond acceptors (Lipinski definition) is 7. The number of amides is 1. The first-order chi connectivity index (χ1) is 10.3. The summed E-state index contributed by atoms with van der Waals surface area (Å²) in [6, 6.07) is 0. The van der Waals surface area contributed by atoms with E-state index in [2.05, 4.69) is 20.8 Å². The van der Waals surface area contributed by atoms with Crippen LogP contribution in [0.15, 0.2) is 5.16 Å². The fraction of sp³-hybridized carbons (Fsp3) is 0.833. The van der Waals surface area contributed by atoms with Crippen LogP contribution in [0.2, 0.25) is 0 Å².